The van der Waals surface area contributed by atoms with Crippen molar-refractivity contribution in [3.05, 3.63) is 59.7 Å². The van der Waals surface area contributed by atoms with Gasteiger partial charge in [-0.05, 0) is 36.4 Å². The summed E-state index contributed by atoms with van der Waals surface area (Å²) in [4.78, 5) is 22.1. The number of anilines is 1. The van der Waals surface area contributed by atoms with Crippen LogP contribution < -0.4 is 15.4 Å². The van der Waals surface area contributed by atoms with Gasteiger partial charge in [0, 0.05) is 18.3 Å². The summed E-state index contributed by atoms with van der Waals surface area (Å²) in [6, 6.07) is 8.46. The van der Waals surface area contributed by atoms with Crippen LogP contribution in [0.15, 0.2) is 47.4 Å². The highest BCUT2D eigenvalue weighted by atomic mass is 32.2. The smallest absolute Gasteiger partial charge is 0.251 e. The maximum Gasteiger partial charge on any atom is 0.251 e. The van der Waals surface area contributed by atoms with Gasteiger partial charge in [-0.3, -0.25) is 9.59 Å². The van der Waals surface area contributed by atoms with E-state index in [4.69, 9.17) is 0 Å². The Bertz CT molecular complexity index is 911. The molecule has 3 N–H and O–H groups in total. The van der Waals surface area contributed by atoms with E-state index in [0.717, 1.165) is 18.2 Å². The first-order valence-electron chi connectivity index (χ1n) is 7.30. The zero-order valence-electron chi connectivity index (χ0n) is 13.5. The number of benzene rings is 2. The average Bonchev–Trinajstić information content (AvgIpc) is 2.60. The molecule has 0 aliphatic rings. The van der Waals surface area contributed by atoms with Gasteiger partial charge in [0.1, 0.15) is 11.6 Å². The van der Waals surface area contributed by atoms with Crippen LogP contribution in [0.3, 0.4) is 0 Å². The lowest BCUT2D eigenvalue weighted by Crippen LogP contribution is -2.33. The Kier molecular flexibility index (Phi) is 6.01. The number of nitrogens with one attached hydrogen (secondary N) is 3. The maximum atomic E-state index is 13.6. The molecule has 0 unspecified atom stereocenters. The molecule has 7 nitrogen and oxygen atoms in total. The fourth-order valence-corrected chi connectivity index (χ4v) is 3.14. The SMILES string of the molecule is CNC(=O)c1ccc(NC(=O)CNS(=O)(=O)c2c(F)cccc2F)cc1. The van der Waals surface area contributed by atoms with Gasteiger partial charge in [-0.15, -0.1) is 0 Å². The Morgan fingerprint density at radius 3 is 2.12 bits per heavy atom. The van der Waals surface area contributed by atoms with Crippen LogP contribution in [0.5, 0.6) is 0 Å². The molecule has 0 aliphatic carbocycles. The van der Waals surface area contributed by atoms with Gasteiger partial charge in [0.05, 0.1) is 6.54 Å². The molecule has 0 saturated carbocycles. The topological polar surface area (TPSA) is 104 Å². The second-order valence-corrected chi connectivity index (χ2v) is 6.78. The van der Waals surface area contributed by atoms with Crippen molar-refractivity contribution >= 4 is 27.5 Å². The summed E-state index contributed by atoms with van der Waals surface area (Å²) in [6.45, 7) is -0.729. The van der Waals surface area contributed by atoms with Crippen molar-refractivity contribution in [2.24, 2.45) is 0 Å². The van der Waals surface area contributed by atoms with Crippen LogP contribution in [0.2, 0.25) is 0 Å². The lowest BCUT2D eigenvalue weighted by Gasteiger charge is -2.09. The van der Waals surface area contributed by atoms with Crippen LogP contribution in [0.25, 0.3) is 0 Å². The van der Waals surface area contributed by atoms with Crippen molar-refractivity contribution in [1.82, 2.24) is 10.0 Å². The number of halogens is 2. The van der Waals surface area contributed by atoms with E-state index in [1.165, 1.54) is 31.3 Å². The molecule has 0 bridgehead atoms. The van der Waals surface area contributed by atoms with E-state index < -0.39 is 39.0 Å². The zero-order valence-corrected chi connectivity index (χ0v) is 14.4. The largest absolute Gasteiger partial charge is 0.355 e. The molecule has 0 heterocycles. The molecule has 0 fully saturated rings. The Morgan fingerprint density at radius 2 is 1.58 bits per heavy atom. The van der Waals surface area contributed by atoms with Gasteiger partial charge in [0.15, 0.2) is 4.90 Å². The summed E-state index contributed by atoms with van der Waals surface area (Å²) in [6.07, 6.45) is 0. The van der Waals surface area contributed by atoms with Gasteiger partial charge in [-0.1, -0.05) is 6.07 Å². The van der Waals surface area contributed by atoms with E-state index in [0.29, 0.717) is 11.3 Å². The molecule has 0 atom stereocenters. The predicted molar refractivity (Wildman–Crippen MR) is 90.0 cm³/mol. The van der Waals surface area contributed by atoms with Crippen LogP contribution in [-0.2, 0) is 14.8 Å². The molecule has 26 heavy (non-hydrogen) atoms. The van der Waals surface area contributed by atoms with E-state index in [2.05, 4.69) is 10.6 Å². The molecule has 0 saturated heterocycles. The molecule has 2 rings (SSSR count). The van der Waals surface area contributed by atoms with Crippen molar-refractivity contribution in [3.63, 3.8) is 0 Å². The van der Waals surface area contributed by atoms with E-state index in [9.17, 15) is 26.8 Å². The van der Waals surface area contributed by atoms with Gasteiger partial charge >= 0.3 is 0 Å². The van der Waals surface area contributed by atoms with E-state index >= 15 is 0 Å². The monoisotopic (exact) mass is 383 g/mol. The minimum absolute atomic E-state index is 0.303. The van der Waals surface area contributed by atoms with Gasteiger partial charge < -0.3 is 10.6 Å². The summed E-state index contributed by atoms with van der Waals surface area (Å²) in [5.41, 5.74) is 0.695. The van der Waals surface area contributed by atoms with Crippen LogP contribution in [0.4, 0.5) is 14.5 Å². The first kappa shape index (κ1) is 19.5. The first-order chi connectivity index (χ1) is 12.2. The third-order valence-corrected chi connectivity index (χ3v) is 4.72. The van der Waals surface area contributed by atoms with Crippen molar-refractivity contribution in [3.8, 4) is 0 Å². The molecular formula is C16H15F2N3O4S. The highest BCUT2D eigenvalue weighted by Gasteiger charge is 2.24. The maximum absolute atomic E-state index is 13.6. The Hall–Kier alpha value is -2.85. The number of hydrogen-bond acceptors (Lipinski definition) is 4. The minimum atomic E-state index is -4.54. The first-order valence-corrected chi connectivity index (χ1v) is 8.78. The fraction of sp³-hybridized carbons (Fsp3) is 0.125. The minimum Gasteiger partial charge on any atom is -0.355 e. The molecular weight excluding hydrogens is 368 g/mol. The van der Waals surface area contributed by atoms with Crippen molar-refractivity contribution < 1.29 is 26.8 Å². The number of carbonyl (C=O) groups excluding carboxylic acids is 2. The van der Waals surface area contributed by atoms with Gasteiger partial charge in [-0.2, -0.15) is 0 Å². The second kappa shape index (κ2) is 8.02. The number of sulfonamides is 1. The normalized spacial score (nSPS) is 11.0. The van der Waals surface area contributed by atoms with E-state index in [-0.39, 0.29) is 5.91 Å². The highest BCUT2D eigenvalue weighted by Crippen LogP contribution is 2.17. The molecule has 0 aromatic heterocycles. The van der Waals surface area contributed by atoms with Gasteiger partial charge in [0.25, 0.3) is 5.91 Å². The predicted octanol–water partition coefficient (Wildman–Crippen LogP) is 1.24. The summed E-state index contributed by atoms with van der Waals surface area (Å²) >= 11 is 0. The van der Waals surface area contributed by atoms with Crippen molar-refractivity contribution in [2.45, 2.75) is 4.90 Å². The van der Waals surface area contributed by atoms with Crippen molar-refractivity contribution in [2.75, 3.05) is 18.9 Å². The average molecular weight is 383 g/mol. The third-order valence-electron chi connectivity index (χ3n) is 3.27. The van der Waals surface area contributed by atoms with E-state index in [1.54, 1.807) is 0 Å². The molecule has 2 amide bonds. The summed E-state index contributed by atoms with van der Waals surface area (Å²) < 4.78 is 52.9. The fourth-order valence-electron chi connectivity index (χ4n) is 2.03. The van der Waals surface area contributed by atoms with Gasteiger partial charge in [0.2, 0.25) is 15.9 Å². The molecule has 138 valence electrons. The summed E-state index contributed by atoms with van der Waals surface area (Å²) in [7, 11) is -3.07. The molecule has 2 aromatic rings. The highest BCUT2D eigenvalue weighted by molar-refractivity contribution is 7.89. The van der Waals surface area contributed by atoms with Crippen LogP contribution >= 0.6 is 0 Å². The van der Waals surface area contributed by atoms with Crippen LogP contribution in [-0.4, -0.2) is 33.8 Å². The summed E-state index contributed by atoms with van der Waals surface area (Å²) in [5, 5.41) is 4.83. The quantitative estimate of drug-likeness (QED) is 0.698. The zero-order chi connectivity index (χ0) is 19.3. The van der Waals surface area contributed by atoms with Gasteiger partial charge in [-0.25, -0.2) is 21.9 Å². The second-order valence-electron chi connectivity index (χ2n) is 5.08. The Labute approximate surface area is 148 Å². The molecule has 0 aliphatic heterocycles. The number of hydrogen-bond donors (Lipinski definition) is 3. The molecule has 2 aromatic carbocycles. The van der Waals surface area contributed by atoms with Crippen molar-refractivity contribution in [1.29, 1.82) is 0 Å². The molecule has 0 radical (unpaired) electrons. The molecule has 0 spiro atoms. The number of rotatable bonds is 6. The third kappa shape index (κ3) is 4.61. The van der Waals surface area contributed by atoms with E-state index in [1.807, 2.05) is 4.72 Å². The molecule has 10 heteroatoms. The Balaban J connectivity index is 2.01. The summed E-state index contributed by atoms with van der Waals surface area (Å²) in [5.74, 6) is -3.58. The van der Waals surface area contributed by atoms with Crippen LogP contribution in [0, 0.1) is 11.6 Å². The number of amides is 2. The number of carbonyl (C=O) groups is 2. The Morgan fingerprint density at radius 1 is 1.00 bits per heavy atom. The lowest BCUT2D eigenvalue weighted by atomic mass is 10.2. The standard InChI is InChI=1S/C16H15F2N3O4S/c1-19-16(23)10-5-7-11(8-6-10)21-14(22)9-20-26(24,25)15-12(17)3-2-4-13(15)18/h2-8,20H,9H2,1H3,(H,19,23)(H,21,22). The van der Waals surface area contributed by atoms with Crippen LogP contribution in [0.1, 0.15) is 10.4 Å². The lowest BCUT2D eigenvalue weighted by molar-refractivity contribution is -0.115.